The van der Waals surface area contributed by atoms with E-state index in [1.807, 2.05) is 0 Å². The number of rotatable bonds is 3. The Kier molecular flexibility index (Phi) is 2.80. The van der Waals surface area contributed by atoms with Crippen LogP contribution in [0.15, 0.2) is 18.2 Å². The molecule has 0 atom stereocenters. The zero-order valence-electron chi connectivity index (χ0n) is 7.28. The quantitative estimate of drug-likeness (QED) is 0.567. The average molecular weight is 178 g/mol. The summed E-state index contributed by atoms with van der Waals surface area (Å²) in [6, 6.07) is 4.26. The summed E-state index contributed by atoms with van der Waals surface area (Å²) in [4.78, 5) is 21.6. The van der Waals surface area contributed by atoms with Gasteiger partial charge in [-0.2, -0.15) is 0 Å². The summed E-state index contributed by atoms with van der Waals surface area (Å²) in [5.74, 6) is -0.134. The Morgan fingerprint density at radius 3 is 2.77 bits per heavy atom. The lowest BCUT2D eigenvalue weighted by atomic mass is 10.1. The molecule has 0 amide bonds. The van der Waals surface area contributed by atoms with Crippen LogP contribution in [0.3, 0.4) is 0 Å². The van der Waals surface area contributed by atoms with Crippen molar-refractivity contribution in [1.82, 2.24) is 0 Å². The lowest BCUT2D eigenvalue weighted by Gasteiger charge is -2.00. The number of aldehydes is 1. The molecule has 0 aromatic heterocycles. The summed E-state index contributed by atoms with van der Waals surface area (Å²) in [7, 11) is 0. The van der Waals surface area contributed by atoms with E-state index in [2.05, 4.69) is 0 Å². The molecule has 0 bridgehead atoms. The first-order valence-electron chi connectivity index (χ1n) is 4.00. The molecule has 13 heavy (non-hydrogen) atoms. The molecule has 0 aliphatic heterocycles. The number of carbonyl (C=O) groups is 2. The van der Waals surface area contributed by atoms with Gasteiger partial charge in [-0.25, -0.2) is 0 Å². The molecule has 0 radical (unpaired) electrons. The number of benzene rings is 1. The maximum atomic E-state index is 11.2. The molecule has 3 heteroatoms. The molecule has 0 unspecified atom stereocenters. The number of carbonyl (C=O) groups excluding carboxylic acids is 2. The summed E-state index contributed by atoms with van der Waals surface area (Å²) in [6.45, 7) is 1.75. The van der Waals surface area contributed by atoms with Crippen LogP contribution in [0.1, 0.15) is 34.1 Å². The van der Waals surface area contributed by atoms with E-state index in [0.717, 1.165) is 0 Å². The molecular weight excluding hydrogens is 168 g/mol. The van der Waals surface area contributed by atoms with Gasteiger partial charge in [0.15, 0.2) is 12.1 Å². The van der Waals surface area contributed by atoms with Crippen LogP contribution < -0.4 is 0 Å². The van der Waals surface area contributed by atoms with Gasteiger partial charge < -0.3 is 5.11 Å². The van der Waals surface area contributed by atoms with Gasteiger partial charge >= 0.3 is 0 Å². The van der Waals surface area contributed by atoms with Crippen LogP contribution in [0.5, 0.6) is 5.75 Å². The highest BCUT2D eigenvalue weighted by atomic mass is 16.3. The van der Waals surface area contributed by atoms with Gasteiger partial charge in [-0.3, -0.25) is 9.59 Å². The van der Waals surface area contributed by atoms with Gasteiger partial charge in [0.25, 0.3) is 0 Å². The maximum Gasteiger partial charge on any atom is 0.162 e. The molecular formula is C10H10O3. The minimum absolute atomic E-state index is 0.0388. The topological polar surface area (TPSA) is 54.4 Å². The monoisotopic (exact) mass is 178 g/mol. The largest absolute Gasteiger partial charge is 0.507 e. The first-order valence-corrected chi connectivity index (χ1v) is 4.00. The molecule has 1 rings (SSSR count). The van der Waals surface area contributed by atoms with E-state index in [1.54, 1.807) is 6.92 Å². The second-order valence-electron chi connectivity index (χ2n) is 2.67. The van der Waals surface area contributed by atoms with Gasteiger partial charge in [0.1, 0.15) is 5.75 Å². The van der Waals surface area contributed by atoms with E-state index < -0.39 is 0 Å². The van der Waals surface area contributed by atoms with Crippen LogP contribution in [-0.4, -0.2) is 17.2 Å². The van der Waals surface area contributed by atoms with E-state index >= 15 is 0 Å². The van der Waals surface area contributed by atoms with Crippen LogP contribution in [0, 0.1) is 0 Å². The fourth-order valence-corrected chi connectivity index (χ4v) is 1.03. The molecule has 68 valence electrons. The van der Waals surface area contributed by atoms with Crippen LogP contribution in [0.2, 0.25) is 0 Å². The second-order valence-corrected chi connectivity index (χ2v) is 2.67. The van der Waals surface area contributed by atoms with Crippen molar-refractivity contribution in [2.75, 3.05) is 0 Å². The molecule has 0 fully saturated rings. The Bertz CT molecular complexity index is 342. The van der Waals surface area contributed by atoms with Gasteiger partial charge in [0.05, 0.1) is 5.56 Å². The van der Waals surface area contributed by atoms with Crippen molar-refractivity contribution in [1.29, 1.82) is 0 Å². The molecule has 1 aromatic rings. The van der Waals surface area contributed by atoms with E-state index in [-0.39, 0.29) is 17.1 Å². The Morgan fingerprint density at radius 2 is 2.23 bits per heavy atom. The lowest BCUT2D eigenvalue weighted by molar-refractivity contribution is 0.0988. The normalized spacial score (nSPS) is 9.62. The van der Waals surface area contributed by atoms with Crippen LogP contribution >= 0.6 is 0 Å². The minimum Gasteiger partial charge on any atom is -0.507 e. The van der Waals surface area contributed by atoms with Gasteiger partial charge in [-0.1, -0.05) is 6.92 Å². The van der Waals surface area contributed by atoms with E-state index in [4.69, 9.17) is 5.11 Å². The van der Waals surface area contributed by atoms with Crippen molar-refractivity contribution >= 4 is 12.1 Å². The smallest absolute Gasteiger partial charge is 0.162 e. The number of phenols is 1. The zero-order chi connectivity index (χ0) is 9.84. The van der Waals surface area contributed by atoms with E-state index in [0.29, 0.717) is 18.3 Å². The summed E-state index contributed by atoms with van der Waals surface area (Å²) < 4.78 is 0. The predicted octanol–water partition coefficient (Wildman–Crippen LogP) is 1.80. The van der Waals surface area contributed by atoms with Gasteiger partial charge in [0, 0.05) is 12.0 Å². The summed E-state index contributed by atoms with van der Waals surface area (Å²) >= 11 is 0. The number of aromatic hydroxyl groups is 1. The number of phenolic OH excluding ortho intramolecular Hbond substituents is 1. The third-order valence-electron chi connectivity index (χ3n) is 1.80. The van der Waals surface area contributed by atoms with Gasteiger partial charge in [0.2, 0.25) is 0 Å². The van der Waals surface area contributed by atoms with Crippen LogP contribution in [0.25, 0.3) is 0 Å². The zero-order valence-corrected chi connectivity index (χ0v) is 7.28. The molecule has 0 saturated carbocycles. The van der Waals surface area contributed by atoms with E-state index in [9.17, 15) is 9.59 Å². The number of hydrogen-bond donors (Lipinski definition) is 1. The standard InChI is InChI=1S/C10H10O3/c1-2-9(12)7-3-4-10(13)8(5-7)6-11/h3-6,13H,2H2,1H3. The third-order valence-corrected chi connectivity index (χ3v) is 1.80. The third kappa shape index (κ3) is 1.93. The highest BCUT2D eigenvalue weighted by Gasteiger charge is 2.06. The van der Waals surface area contributed by atoms with Crippen LogP contribution in [-0.2, 0) is 0 Å². The van der Waals surface area contributed by atoms with Crippen molar-refractivity contribution in [2.45, 2.75) is 13.3 Å². The maximum absolute atomic E-state index is 11.2. The SMILES string of the molecule is CCC(=O)c1ccc(O)c(C=O)c1. The molecule has 1 N–H and O–H groups in total. The molecule has 0 saturated heterocycles. The molecule has 1 aromatic carbocycles. The minimum atomic E-state index is -0.0948. The molecule has 0 aliphatic carbocycles. The first kappa shape index (κ1) is 9.45. The summed E-state index contributed by atoms with van der Waals surface area (Å²) in [5, 5.41) is 9.15. The molecule has 0 spiro atoms. The van der Waals surface area contributed by atoms with Gasteiger partial charge in [-0.05, 0) is 18.2 Å². The van der Waals surface area contributed by atoms with Crippen molar-refractivity contribution in [2.24, 2.45) is 0 Å². The Balaban J connectivity index is 3.13. The fraction of sp³-hybridized carbons (Fsp3) is 0.200. The van der Waals surface area contributed by atoms with Crippen molar-refractivity contribution in [3.05, 3.63) is 29.3 Å². The van der Waals surface area contributed by atoms with Crippen molar-refractivity contribution < 1.29 is 14.7 Å². The number of Topliss-reactive ketones (excluding diaryl/α,β-unsaturated/α-hetero) is 1. The van der Waals surface area contributed by atoms with Crippen molar-refractivity contribution in [3.63, 3.8) is 0 Å². The second kappa shape index (κ2) is 3.85. The fourth-order valence-electron chi connectivity index (χ4n) is 1.03. The average Bonchev–Trinajstić information content (AvgIpc) is 2.17. The first-order chi connectivity index (χ1) is 6.19. The van der Waals surface area contributed by atoms with Crippen molar-refractivity contribution in [3.8, 4) is 5.75 Å². The predicted molar refractivity (Wildman–Crippen MR) is 48.1 cm³/mol. The highest BCUT2D eigenvalue weighted by Crippen LogP contribution is 2.17. The van der Waals surface area contributed by atoms with E-state index in [1.165, 1.54) is 18.2 Å². The summed E-state index contributed by atoms with van der Waals surface area (Å²) in [5.41, 5.74) is 0.613. The Labute approximate surface area is 76.0 Å². The molecule has 3 nitrogen and oxygen atoms in total. The number of ketones is 1. The van der Waals surface area contributed by atoms with Gasteiger partial charge in [-0.15, -0.1) is 0 Å². The summed E-state index contributed by atoms with van der Waals surface area (Å²) in [6.07, 6.45) is 0.921. The molecule has 0 aliphatic rings. The number of hydrogen-bond acceptors (Lipinski definition) is 3. The Morgan fingerprint density at radius 1 is 1.54 bits per heavy atom. The highest BCUT2D eigenvalue weighted by molar-refractivity contribution is 5.97. The lowest BCUT2D eigenvalue weighted by Crippen LogP contribution is -1.97. The molecule has 0 heterocycles. The van der Waals surface area contributed by atoms with Crippen LogP contribution in [0.4, 0.5) is 0 Å². The Hall–Kier alpha value is -1.64.